The molecule has 0 unspecified atom stereocenters. The molecule has 1 aliphatic heterocycles. The fourth-order valence-corrected chi connectivity index (χ4v) is 4.68. The minimum atomic E-state index is -3.52. The number of benzene rings is 2. The average molecular weight is 450 g/mol. The molecule has 2 aromatic rings. The molecule has 168 valence electrons. The van der Waals surface area contributed by atoms with Crippen LogP contribution in [0.3, 0.4) is 0 Å². The van der Waals surface area contributed by atoms with Gasteiger partial charge in [-0.25, -0.2) is 12.8 Å². The van der Waals surface area contributed by atoms with Crippen molar-refractivity contribution in [2.45, 2.75) is 17.9 Å². The first-order valence-corrected chi connectivity index (χ1v) is 11.6. The second-order valence-corrected chi connectivity index (χ2v) is 9.49. The van der Waals surface area contributed by atoms with E-state index in [0.29, 0.717) is 39.4 Å². The molecule has 7 nitrogen and oxygen atoms in total. The highest BCUT2D eigenvalue weighted by molar-refractivity contribution is 7.89. The molecule has 0 spiro atoms. The Morgan fingerprint density at radius 2 is 1.68 bits per heavy atom. The number of nitrogens with one attached hydrogen (secondary N) is 1. The summed E-state index contributed by atoms with van der Waals surface area (Å²) in [6, 6.07) is 12.9. The highest BCUT2D eigenvalue weighted by Gasteiger charge is 2.26. The lowest BCUT2D eigenvalue weighted by molar-refractivity contribution is -0.122. The Bertz CT molecular complexity index is 959. The van der Waals surface area contributed by atoms with Crippen molar-refractivity contribution in [2.75, 3.05) is 46.4 Å². The number of rotatable bonds is 9. The number of hydrogen-bond donors (Lipinski definition) is 1. The summed E-state index contributed by atoms with van der Waals surface area (Å²) >= 11 is 0. The van der Waals surface area contributed by atoms with Crippen LogP contribution in [0.4, 0.5) is 4.39 Å². The second-order valence-electron chi connectivity index (χ2n) is 7.55. The average Bonchev–Trinajstić information content (AvgIpc) is 2.78. The van der Waals surface area contributed by atoms with E-state index in [1.807, 2.05) is 11.9 Å². The number of ether oxygens (including phenoxy) is 1. The first kappa shape index (κ1) is 23.3. The summed E-state index contributed by atoms with van der Waals surface area (Å²) in [5.41, 5.74) is 1.84. The Morgan fingerprint density at radius 3 is 2.32 bits per heavy atom. The van der Waals surface area contributed by atoms with Gasteiger partial charge in [-0.15, -0.1) is 0 Å². The van der Waals surface area contributed by atoms with Gasteiger partial charge in [-0.1, -0.05) is 24.3 Å². The Morgan fingerprint density at radius 1 is 1.06 bits per heavy atom. The number of carbonyl (C=O) groups is 1. The molecular weight excluding hydrogens is 421 g/mol. The Balaban J connectivity index is 1.43. The summed E-state index contributed by atoms with van der Waals surface area (Å²) < 4.78 is 44.9. The Labute approximate surface area is 182 Å². The molecule has 3 rings (SSSR count). The lowest BCUT2D eigenvalue weighted by Gasteiger charge is -2.26. The zero-order chi connectivity index (χ0) is 22.3. The summed E-state index contributed by atoms with van der Waals surface area (Å²) in [6.45, 7) is 2.76. The molecule has 0 saturated carbocycles. The maximum Gasteiger partial charge on any atom is 0.243 e. The largest absolute Gasteiger partial charge is 0.379 e. The number of sulfonamides is 1. The number of carbonyl (C=O) groups excluding carboxylic acids is 1. The second kappa shape index (κ2) is 10.8. The van der Waals surface area contributed by atoms with Crippen LogP contribution in [-0.4, -0.2) is 70.0 Å². The predicted molar refractivity (Wildman–Crippen MR) is 115 cm³/mol. The van der Waals surface area contributed by atoms with Crippen LogP contribution < -0.4 is 5.32 Å². The van der Waals surface area contributed by atoms with Crippen molar-refractivity contribution in [3.8, 4) is 0 Å². The van der Waals surface area contributed by atoms with Crippen LogP contribution >= 0.6 is 0 Å². The highest BCUT2D eigenvalue weighted by Crippen LogP contribution is 2.17. The molecular formula is C22H28FN3O4S. The van der Waals surface area contributed by atoms with Gasteiger partial charge in [0, 0.05) is 26.2 Å². The van der Waals surface area contributed by atoms with E-state index in [1.165, 1.54) is 16.4 Å². The van der Waals surface area contributed by atoms with Gasteiger partial charge in [-0.05, 0) is 48.9 Å². The van der Waals surface area contributed by atoms with Crippen LogP contribution in [0.2, 0.25) is 0 Å². The van der Waals surface area contributed by atoms with Crippen molar-refractivity contribution in [2.24, 2.45) is 0 Å². The smallest absolute Gasteiger partial charge is 0.243 e. The van der Waals surface area contributed by atoms with Crippen LogP contribution in [0.15, 0.2) is 53.4 Å². The quantitative estimate of drug-likeness (QED) is 0.630. The molecule has 31 heavy (non-hydrogen) atoms. The molecule has 1 N–H and O–H groups in total. The molecule has 2 aromatic carbocycles. The maximum atomic E-state index is 12.9. The fourth-order valence-electron chi connectivity index (χ4n) is 3.27. The molecule has 1 amide bonds. The van der Waals surface area contributed by atoms with Crippen molar-refractivity contribution in [3.05, 3.63) is 65.5 Å². The predicted octanol–water partition coefficient (Wildman–Crippen LogP) is 1.64. The lowest BCUT2D eigenvalue weighted by atomic mass is 10.1. The van der Waals surface area contributed by atoms with E-state index < -0.39 is 10.0 Å². The van der Waals surface area contributed by atoms with Crippen molar-refractivity contribution in [3.63, 3.8) is 0 Å². The van der Waals surface area contributed by atoms with Crippen molar-refractivity contribution in [1.82, 2.24) is 14.5 Å². The summed E-state index contributed by atoms with van der Waals surface area (Å²) in [4.78, 5) is 14.3. The minimum absolute atomic E-state index is 0.119. The van der Waals surface area contributed by atoms with Gasteiger partial charge < -0.3 is 10.1 Å². The van der Waals surface area contributed by atoms with Crippen molar-refractivity contribution in [1.29, 1.82) is 0 Å². The molecule has 0 aromatic heterocycles. The molecule has 0 atom stereocenters. The topological polar surface area (TPSA) is 79.0 Å². The van der Waals surface area contributed by atoms with Gasteiger partial charge in [0.15, 0.2) is 0 Å². The number of nitrogens with zero attached hydrogens (tertiary/aromatic N) is 2. The zero-order valence-electron chi connectivity index (χ0n) is 17.6. The monoisotopic (exact) mass is 449 g/mol. The van der Waals surface area contributed by atoms with E-state index in [2.05, 4.69) is 5.32 Å². The van der Waals surface area contributed by atoms with E-state index in [9.17, 15) is 17.6 Å². The molecule has 1 saturated heterocycles. The van der Waals surface area contributed by atoms with Crippen LogP contribution in [0.5, 0.6) is 0 Å². The van der Waals surface area contributed by atoms with Crippen LogP contribution in [0.1, 0.15) is 11.1 Å². The van der Waals surface area contributed by atoms with E-state index >= 15 is 0 Å². The maximum absolute atomic E-state index is 12.9. The SMILES string of the molecule is CN(CCc1ccc(F)cc1)CC(=O)NCc1ccc(S(=O)(=O)N2CCOCC2)cc1. The van der Waals surface area contributed by atoms with E-state index in [0.717, 1.165) is 17.5 Å². The molecule has 0 aliphatic carbocycles. The molecule has 1 heterocycles. The van der Waals surface area contributed by atoms with E-state index in [-0.39, 0.29) is 23.2 Å². The minimum Gasteiger partial charge on any atom is -0.379 e. The summed E-state index contributed by atoms with van der Waals surface area (Å²) in [7, 11) is -1.66. The molecule has 1 fully saturated rings. The van der Waals surface area contributed by atoms with Crippen molar-refractivity contribution >= 4 is 15.9 Å². The van der Waals surface area contributed by atoms with Gasteiger partial charge >= 0.3 is 0 Å². The number of amides is 1. The van der Waals surface area contributed by atoms with Gasteiger partial charge in [0.2, 0.25) is 15.9 Å². The first-order chi connectivity index (χ1) is 14.8. The third-order valence-electron chi connectivity index (χ3n) is 5.13. The normalized spacial score (nSPS) is 15.2. The molecule has 1 aliphatic rings. The van der Waals surface area contributed by atoms with Crippen molar-refractivity contribution < 1.29 is 22.3 Å². The molecule has 9 heteroatoms. The van der Waals surface area contributed by atoms with Crippen LogP contribution in [-0.2, 0) is 32.5 Å². The standard InChI is InChI=1S/C22H28FN3O4S/c1-25(11-10-18-2-6-20(23)7-3-18)17-22(27)24-16-19-4-8-21(9-5-19)31(28,29)26-12-14-30-15-13-26/h2-9H,10-17H2,1H3,(H,24,27). The Hall–Kier alpha value is -2.33. The van der Waals surface area contributed by atoms with Crippen LogP contribution in [0.25, 0.3) is 0 Å². The zero-order valence-corrected chi connectivity index (χ0v) is 18.4. The molecule has 0 radical (unpaired) electrons. The van der Waals surface area contributed by atoms with Gasteiger partial charge in [0.25, 0.3) is 0 Å². The summed E-state index contributed by atoms with van der Waals surface area (Å²) in [5.74, 6) is -0.380. The van der Waals surface area contributed by atoms with Gasteiger partial charge in [-0.2, -0.15) is 4.31 Å². The van der Waals surface area contributed by atoms with Crippen LogP contribution in [0, 0.1) is 5.82 Å². The third kappa shape index (κ3) is 6.83. The number of hydrogen-bond acceptors (Lipinski definition) is 5. The number of morpholine rings is 1. The molecule has 0 bridgehead atoms. The number of likely N-dealkylation sites (N-methyl/N-ethyl adjacent to an activating group) is 1. The fraction of sp³-hybridized carbons (Fsp3) is 0.409. The lowest BCUT2D eigenvalue weighted by Crippen LogP contribution is -2.40. The third-order valence-corrected chi connectivity index (χ3v) is 7.04. The van der Waals surface area contributed by atoms with E-state index in [4.69, 9.17) is 4.74 Å². The first-order valence-electron chi connectivity index (χ1n) is 10.2. The summed E-state index contributed by atoms with van der Waals surface area (Å²) in [6.07, 6.45) is 0.725. The summed E-state index contributed by atoms with van der Waals surface area (Å²) in [5, 5.41) is 2.85. The van der Waals surface area contributed by atoms with E-state index in [1.54, 1.807) is 36.4 Å². The van der Waals surface area contributed by atoms with Gasteiger partial charge in [-0.3, -0.25) is 9.69 Å². The highest BCUT2D eigenvalue weighted by atomic mass is 32.2. The number of halogens is 1. The van der Waals surface area contributed by atoms with Gasteiger partial charge in [0.05, 0.1) is 24.7 Å². The Kier molecular flexibility index (Phi) is 8.14. The van der Waals surface area contributed by atoms with Gasteiger partial charge in [0.1, 0.15) is 5.82 Å².